The Bertz CT molecular complexity index is 871. The molecule has 1 amide bonds. The summed E-state index contributed by atoms with van der Waals surface area (Å²) in [5.41, 5.74) is 3.39. The van der Waals surface area contributed by atoms with Crippen molar-refractivity contribution in [1.29, 1.82) is 0 Å². The van der Waals surface area contributed by atoms with Crippen LogP contribution in [0.15, 0.2) is 35.1 Å². The monoisotopic (exact) mass is 400 g/mol. The number of rotatable bonds is 6. The van der Waals surface area contributed by atoms with Crippen molar-refractivity contribution in [2.75, 3.05) is 0 Å². The Kier molecular flexibility index (Phi) is 7.32. The molecule has 1 aliphatic rings. The van der Waals surface area contributed by atoms with E-state index in [2.05, 4.69) is 12.2 Å². The molecule has 1 aromatic heterocycles. The van der Waals surface area contributed by atoms with Crippen molar-refractivity contribution >= 4 is 17.5 Å². The lowest BCUT2D eigenvalue weighted by Crippen LogP contribution is -2.35. The Labute approximate surface area is 171 Å². The predicted molar refractivity (Wildman–Crippen MR) is 114 cm³/mol. The fraction of sp³-hybridized carbons (Fsp3) is 0.478. The highest BCUT2D eigenvalue weighted by Crippen LogP contribution is 2.21. The summed E-state index contributed by atoms with van der Waals surface area (Å²) in [6.07, 6.45) is 8.50. The van der Waals surface area contributed by atoms with Gasteiger partial charge in [0.1, 0.15) is 5.56 Å². The van der Waals surface area contributed by atoms with Crippen LogP contribution in [0, 0.1) is 0 Å². The molecule has 0 unspecified atom stereocenters. The summed E-state index contributed by atoms with van der Waals surface area (Å²) >= 11 is 5.91. The van der Waals surface area contributed by atoms with Crippen molar-refractivity contribution in [3.05, 3.63) is 68.1 Å². The van der Waals surface area contributed by atoms with Crippen LogP contribution >= 0.6 is 11.6 Å². The summed E-state index contributed by atoms with van der Waals surface area (Å²) in [6.45, 7) is 3.19. The number of hydrogen-bond acceptors (Lipinski definition) is 2. The highest BCUT2D eigenvalue weighted by Gasteiger charge is 2.19. The van der Waals surface area contributed by atoms with Gasteiger partial charge in [0.15, 0.2) is 0 Å². The molecule has 0 atom stereocenters. The summed E-state index contributed by atoms with van der Waals surface area (Å²) in [4.78, 5) is 25.9. The van der Waals surface area contributed by atoms with Crippen LogP contribution < -0.4 is 10.9 Å². The number of aryl methyl sites for hydroxylation is 1. The quantitative estimate of drug-likeness (QED) is 0.750. The maximum Gasteiger partial charge on any atom is 0.263 e. The average Bonchev–Trinajstić information content (AvgIpc) is 2.67. The van der Waals surface area contributed by atoms with Crippen molar-refractivity contribution in [3.63, 3.8) is 0 Å². The second-order valence-electron chi connectivity index (χ2n) is 7.56. The van der Waals surface area contributed by atoms with Crippen LogP contribution in [-0.2, 0) is 25.9 Å². The molecule has 0 saturated heterocycles. The van der Waals surface area contributed by atoms with Gasteiger partial charge in [-0.2, -0.15) is 0 Å². The zero-order valence-electron chi connectivity index (χ0n) is 16.6. The van der Waals surface area contributed by atoms with E-state index < -0.39 is 0 Å². The number of halogens is 1. The summed E-state index contributed by atoms with van der Waals surface area (Å²) in [5.74, 6) is -0.296. The van der Waals surface area contributed by atoms with Gasteiger partial charge in [-0.3, -0.25) is 9.59 Å². The highest BCUT2D eigenvalue weighted by atomic mass is 35.5. The Balaban J connectivity index is 1.88. The normalized spacial score (nSPS) is 14.1. The van der Waals surface area contributed by atoms with Gasteiger partial charge in [-0.05, 0) is 61.4 Å². The van der Waals surface area contributed by atoms with Gasteiger partial charge in [-0.1, -0.05) is 49.9 Å². The molecule has 0 spiro atoms. The van der Waals surface area contributed by atoms with E-state index >= 15 is 0 Å². The molecule has 0 fully saturated rings. The molecule has 1 aromatic carbocycles. The number of carbonyl (C=O) groups is 1. The minimum Gasteiger partial charge on any atom is -0.348 e. The topological polar surface area (TPSA) is 51.1 Å². The number of nitrogens with one attached hydrogen (secondary N) is 1. The third-order valence-electron chi connectivity index (χ3n) is 5.45. The number of carbonyl (C=O) groups excluding carboxylic acids is 1. The lowest BCUT2D eigenvalue weighted by Gasteiger charge is -2.21. The van der Waals surface area contributed by atoms with E-state index in [-0.39, 0.29) is 17.0 Å². The van der Waals surface area contributed by atoms with E-state index in [0.717, 1.165) is 49.8 Å². The summed E-state index contributed by atoms with van der Waals surface area (Å²) < 4.78 is 1.88. The predicted octanol–water partition coefficient (Wildman–Crippen LogP) is 4.89. The first-order valence-corrected chi connectivity index (χ1v) is 10.8. The minimum absolute atomic E-state index is 0.152. The molecule has 28 heavy (non-hydrogen) atoms. The SMILES string of the molecule is CCCCn1c2c(cc(C(=O)NCc3ccc(Cl)cc3)c1=O)CCCCCC2. The molecule has 5 heteroatoms. The largest absolute Gasteiger partial charge is 0.348 e. The summed E-state index contributed by atoms with van der Waals surface area (Å²) in [7, 11) is 0. The van der Waals surface area contributed by atoms with E-state index in [9.17, 15) is 9.59 Å². The molecule has 1 aliphatic carbocycles. The van der Waals surface area contributed by atoms with Gasteiger partial charge >= 0.3 is 0 Å². The van der Waals surface area contributed by atoms with Crippen molar-refractivity contribution in [3.8, 4) is 0 Å². The second-order valence-corrected chi connectivity index (χ2v) is 8.00. The van der Waals surface area contributed by atoms with Gasteiger partial charge in [0.25, 0.3) is 11.5 Å². The van der Waals surface area contributed by atoms with Gasteiger partial charge in [-0.25, -0.2) is 0 Å². The molecule has 0 saturated carbocycles. The maximum atomic E-state index is 13.1. The number of fused-ring (bicyclic) bond motifs is 1. The van der Waals surface area contributed by atoms with E-state index in [1.54, 1.807) is 12.1 Å². The van der Waals surface area contributed by atoms with E-state index in [0.29, 0.717) is 18.1 Å². The smallest absolute Gasteiger partial charge is 0.263 e. The molecular weight excluding hydrogens is 372 g/mol. The Hall–Kier alpha value is -2.07. The molecule has 3 rings (SSSR count). The second kappa shape index (κ2) is 9.92. The van der Waals surface area contributed by atoms with Crippen molar-refractivity contribution < 1.29 is 4.79 Å². The minimum atomic E-state index is -0.296. The standard InChI is InChI=1S/C23H29ClN2O2/c1-2-3-14-26-21-9-7-5-4-6-8-18(21)15-20(23(26)28)22(27)25-16-17-10-12-19(24)13-11-17/h10-13,15H,2-9,14,16H2,1H3,(H,25,27). The third kappa shape index (κ3) is 5.05. The highest BCUT2D eigenvalue weighted by molar-refractivity contribution is 6.30. The number of amides is 1. The van der Waals surface area contributed by atoms with Crippen molar-refractivity contribution in [2.24, 2.45) is 0 Å². The molecule has 4 nitrogen and oxygen atoms in total. The average molecular weight is 401 g/mol. The molecule has 150 valence electrons. The van der Waals surface area contributed by atoms with Gasteiger partial charge in [0.05, 0.1) is 0 Å². The summed E-state index contributed by atoms with van der Waals surface area (Å²) in [5, 5.41) is 3.56. The number of benzene rings is 1. The Morgan fingerprint density at radius 2 is 1.82 bits per heavy atom. The lowest BCUT2D eigenvalue weighted by molar-refractivity contribution is 0.0948. The van der Waals surface area contributed by atoms with E-state index in [1.807, 2.05) is 22.8 Å². The first-order valence-electron chi connectivity index (χ1n) is 10.4. The van der Waals surface area contributed by atoms with E-state index in [4.69, 9.17) is 11.6 Å². The number of unbranched alkanes of at least 4 members (excludes halogenated alkanes) is 1. The van der Waals surface area contributed by atoms with Crippen molar-refractivity contribution in [2.45, 2.75) is 71.4 Å². The van der Waals surface area contributed by atoms with Crippen LogP contribution in [0.25, 0.3) is 0 Å². The molecule has 0 bridgehead atoms. The zero-order chi connectivity index (χ0) is 19.9. The molecule has 0 aliphatic heterocycles. The number of aromatic nitrogens is 1. The maximum absolute atomic E-state index is 13.1. The molecule has 2 aromatic rings. The molecular formula is C23H29ClN2O2. The molecule has 1 heterocycles. The Morgan fingerprint density at radius 1 is 1.11 bits per heavy atom. The first kappa shape index (κ1) is 20.7. The number of pyridine rings is 1. The van der Waals surface area contributed by atoms with Crippen LogP contribution in [0.2, 0.25) is 5.02 Å². The fourth-order valence-electron chi connectivity index (χ4n) is 3.83. The summed E-state index contributed by atoms with van der Waals surface area (Å²) in [6, 6.07) is 9.20. The lowest BCUT2D eigenvalue weighted by atomic mass is 9.95. The van der Waals surface area contributed by atoms with Crippen LogP contribution in [0.1, 0.15) is 72.6 Å². The van der Waals surface area contributed by atoms with Crippen LogP contribution in [0.3, 0.4) is 0 Å². The van der Waals surface area contributed by atoms with E-state index in [1.165, 1.54) is 18.4 Å². The van der Waals surface area contributed by atoms with Gasteiger partial charge in [0, 0.05) is 23.8 Å². The molecule has 1 N–H and O–H groups in total. The van der Waals surface area contributed by atoms with Crippen molar-refractivity contribution in [1.82, 2.24) is 9.88 Å². The van der Waals surface area contributed by atoms with Gasteiger partial charge in [0.2, 0.25) is 0 Å². The third-order valence-corrected chi connectivity index (χ3v) is 5.70. The van der Waals surface area contributed by atoms with Crippen LogP contribution in [-0.4, -0.2) is 10.5 Å². The Morgan fingerprint density at radius 3 is 2.54 bits per heavy atom. The fourth-order valence-corrected chi connectivity index (χ4v) is 3.96. The van der Waals surface area contributed by atoms with Gasteiger partial charge in [-0.15, -0.1) is 0 Å². The number of nitrogens with zero attached hydrogens (tertiary/aromatic N) is 1. The molecule has 0 radical (unpaired) electrons. The number of hydrogen-bond donors (Lipinski definition) is 1. The van der Waals surface area contributed by atoms with Gasteiger partial charge < -0.3 is 9.88 Å². The zero-order valence-corrected chi connectivity index (χ0v) is 17.4. The van der Waals surface area contributed by atoms with Crippen LogP contribution in [0.4, 0.5) is 0 Å². The first-order chi connectivity index (χ1) is 13.6. The van der Waals surface area contributed by atoms with Crippen LogP contribution in [0.5, 0.6) is 0 Å².